The number of nitrogens with one attached hydrogen (secondary N) is 5. The predicted molar refractivity (Wildman–Crippen MR) is 392 cm³/mol. The van der Waals surface area contributed by atoms with Crippen LogP contribution in [0.4, 0.5) is 0 Å². The highest BCUT2D eigenvalue weighted by molar-refractivity contribution is 5.79. The van der Waals surface area contributed by atoms with Crippen molar-refractivity contribution in [2.75, 3.05) is 33.0 Å². The average Bonchev–Trinajstić information content (AvgIpc) is 0.757. The van der Waals surface area contributed by atoms with E-state index in [-0.39, 0.29) is 6.29 Å². The summed E-state index contributed by atoms with van der Waals surface area (Å²) in [4.78, 5) is 141. The summed E-state index contributed by atoms with van der Waals surface area (Å²) in [5.41, 5.74) is 0. The van der Waals surface area contributed by atoms with Gasteiger partial charge in [0.15, 0.2) is 87.1 Å². The van der Waals surface area contributed by atoms with Crippen molar-refractivity contribution in [3.8, 4) is 0 Å². The SMILES string of the molecule is CC(=O)NC(C=O)C(OC1OC(C(=O)O)C(OC2OC(CO)C(O)C(OC3OC(C(=O)O)C(OC4OC(CO)C(O)C(OC5OC(C(=O)O)C(OC6OC(CO)C(O)C(OC7OC(C(=O)O)C(OC8OC(CO)C(O)C(OC9OC(C(=O)O)C(O)C(O)C9O)C8NC(C)=O)C(O)C7O)C6NC(C)=O)C(O)C5O)C4NC(C)=O)C(O)C3O)C2NC(C)=O)C(O)C1O)C(O)C(O)CO. The number of aliphatic hydroxyl groups excluding tert-OH is 22. The van der Waals surface area contributed by atoms with Gasteiger partial charge in [-0.3, -0.25) is 24.0 Å². The van der Waals surface area contributed by atoms with E-state index in [0.717, 1.165) is 34.6 Å². The van der Waals surface area contributed by atoms with E-state index in [0.29, 0.717) is 0 Å². The molecule has 9 rings (SSSR count). The maximum absolute atomic E-state index is 13.4. The molecule has 0 radical (unpaired) electrons. The number of carboxylic acids is 5. The molecule has 9 fully saturated rings. The summed E-state index contributed by atoms with van der Waals surface area (Å²) in [6.07, 6.45) is -107. The van der Waals surface area contributed by atoms with Crippen LogP contribution in [0.15, 0.2) is 0 Å². The molecule has 0 aliphatic carbocycles. The molecule has 32 N–H and O–H groups in total. The molecule has 0 aromatic heterocycles. The molecule has 748 valence electrons. The van der Waals surface area contributed by atoms with Gasteiger partial charge in [0.2, 0.25) is 29.5 Å². The summed E-state index contributed by atoms with van der Waals surface area (Å²) in [7, 11) is 0. The highest BCUT2D eigenvalue weighted by Gasteiger charge is 2.64. The number of carbonyl (C=O) groups is 11. The Morgan fingerprint density at radius 1 is 0.290 bits per heavy atom. The van der Waals surface area contributed by atoms with Crippen LogP contribution in [0.2, 0.25) is 0 Å². The lowest BCUT2D eigenvalue weighted by molar-refractivity contribution is -0.381. The first-order valence-electron chi connectivity index (χ1n) is 39.9. The minimum atomic E-state index is -2.74. The Morgan fingerprint density at radius 3 is 0.740 bits per heavy atom. The van der Waals surface area contributed by atoms with Gasteiger partial charge in [0.05, 0.1) is 33.0 Å². The number of carboxylic acid groups (broad SMARTS) is 5. The van der Waals surface area contributed by atoms with E-state index in [1.165, 1.54) is 0 Å². The Hall–Kier alpha value is -7.23. The van der Waals surface area contributed by atoms with E-state index in [1.54, 1.807) is 0 Å². The molecule has 49 atom stereocenters. The average molecular weight is 1910 g/mol. The molecule has 5 amide bonds. The van der Waals surface area contributed by atoms with Gasteiger partial charge in [-0.1, -0.05) is 0 Å². The van der Waals surface area contributed by atoms with E-state index in [9.17, 15) is 191 Å². The normalized spacial score (nSPS) is 44.3. The fraction of sp³-hybridized carbons (Fsp3) is 0.843. The van der Waals surface area contributed by atoms with Gasteiger partial charge in [0, 0.05) is 34.6 Å². The van der Waals surface area contributed by atoms with E-state index >= 15 is 0 Å². The van der Waals surface area contributed by atoms with Crippen molar-refractivity contribution in [1.82, 2.24) is 26.6 Å². The van der Waals surface area contributed by atoms with Crippen LogP contribution in [-0.4, -0.2) is 537 Å². The topological polar surface area (TPSA) is 960 Å². The number of hydrogen-bond donors (Lipinski definition) is 32. The number of hydrogen-bond acceptors (Lipinski definition) is 51. The van der Waals surface area contributed by atoms with Crippen molar-refractivity contribution < 1.29 is 276 Å². The zero-order valence-electron chi connectivity index (χ0n) is 68.8. The van der Waals surface area contributed by atoms with Gasteiger partial charge in [-0.25, -0.2) is 24.0 Å². The minimum absolute atomic E-state index is 0.0378. The summed E-state index contributed by atoms with van der Waals surface area (Å²) in [5, 5.41) is 308. The van der Waals surface area contributed by atoms with Gasteiger partial charge in [-0.05, 0) is 0 Å². The van der Waals surface area contributed by atoms with Crippen molar-refractivity contribution in [2.24, 2.45) is 0 Å². The van der Waals surface area contributed by atoms with Crippen LogP contribution in [0.1, 0.15) is 34.6 Å². The number of rotatable bonds is 37. The number of ether oxygens (including phenoxy) is 18. The summed E-state index contributed by atoms with van der Waals surface area (Å²) < 4.78 is 102. The molecule has 0 aromatic rings. The van der Waals surface area contributed by atoms with Crippen LogP contribution in [0, 0.1) is 0 Å². The van der Waals surface area contributed by atoms with Crippen molar-refractivity contribution >= 4 is 65.7 Å². The van der Waals surface area contributed by atoms with Crippen LogP contribution in [0.25, 0.3) is 0 Å². The second-order valence-corrected chi connectivity index (χ2v) is 31.5. The van der Waals surface area contributed by atoms with Crippen molar-refractivity contribution in [3.05, 3.63) is 0 Å². The lowest BCUT2D eigenvalue weighted by Crippen LogP contribution is -2.72. The molecule has 131 heavy (non-hydrogen) atoms. The van der Waals surface area contributed by atoms with E-state index in [4.69, 9.17) is 85.3 Å². The third-order valence-corrected chi connectivity index (χ3v) is 22.3. The summed E-state index contributed by atoms with van der Waals surface area (Å²) in [6.45, 7) is -2.18. The van der Waals surface area contributed by atoms with Crippen LogP contribution < -0.4 is 26.6 Å². The van der Waals surface area contributed by atoms with Gasteiger partial charge in [0.25, 0.3) is 0 Å². The van der Waals surface area contributed by atoms with E-state index in [2.05, 4.69) is 21.3 Å². The molecular weight excluding hydrogens is 1810 g/mol. The summed E-state index contributed by atoms with van der Waals surface area (Å²) in [6, 6.07) is -10.6. The lowest BCUT2D eigenvalue weighted by Gasteiger charge is -2.51. The summed E-state index contributed by atoms with van der Waals surface area (Å²) >= 11 is 0. The number of aliphatic carboxylic acids is 5. The maximum atomic E-state index is 13.4. The first-order chi connectivity index (χ1) is 61.5. The fourth-order valence-electron chi connectivity index (χ4n) is 15.8. The molecule has 9 heterocycles. The Morgan fingerprint density at radius 2 is 0.519 bits per heavy atom. The Bertz CT molecular complexity index is 3870. The molecule has 0 bridgehead atoms. The van der Waals surface area contributed by atoms with E-state index < -0.39 is 393 Å². The molecule has 61 nitrogen and oxygen atoms in total. The van der Waals surface area contributed by atoms with Gasteiger partial charge < -0.3 is 255 Å². The number of aldehydes is 1. The molecule has 9 saturated heterocycles. The molecule has 0 aromatic carbocycles. The van der Waals surface area contributed by atoms with E-state index in [1.807, 2.05) is 5.32 Å². The van der Waals surface area contributed by atoms with Crippen LogP contribution in [0.3, 0.4) is 0 Å². The monoisotopic (exact) mass is 1910 g/mol. The number of aliphatic hydroxyl groups is 22. The molecule has 49 unspecified atom stereocenters. The second-order valence-electron chi connectivity index (χ2n) is 31.5. The van der Waals surface area contributed by atoms with Crippen molar-refractivity contribution in [2.45, 2.75) is 335 Å². The second kappa shape index (κ2) is 46.1. The number of amides is 5. The minimum Gasteiger partial charge on any atom is -0.479 e. The zero-order valence-corrected chi connectivity index (χ0v) is 68.8. The van der Waals surface area contributed by atoms with Gasteiger partial charge in [-0.2, -0.15) is 0 Å². The first-order valence-corrected chi connectivity index (χ1v) is 39.9. The molecule has 61 heteroatoms. The van der Waals surface area contributed by atoms with Crippen LogP contribution in [0.5, 0.6) is 0 Å². The highest BCUT2D eigenvalue weighted by Crippen LogP contribution is 2.41. The molecule has 0 spiro atoms. The molecular formula is C70H107N5O56. The van der Waals surface area contributed by atoms with Crippen molar-refractivity contribution in [3.63, 3.8) is 0 Å². The first kappa shape index (κ1) is 107. The predicted octanol–water partition coefficient (Wildman–Crippen LogP) is -21.8. The fourth-order valence-corrected chi connectivity index (χ4v) is 15.8. The van der Waals surface area contributed by atoms with Gasteiger partial charge >= 0.3 is 29.8 Å². The van der Waals surface area contributed by atoms with Crippen LogP contribution in [-0.2, 0) is 138 Å². The zero-order chi connectivity index (χ0) is 97.6. The third kappa shape index (κ3) is 24.1. The van der Waals surface area contributed by atoms with Crippen molar-refractivity contribution in [1.29, 1.82) is 0 Å². The largest absolute Gasteiger partial charge is 0.479 e. The number of carbonyl (C=O) groups excluding carboxylic acids is 6. The lowest BCUT2D eigenvalue weighted by atomic mass is 9.93. The highest BCUT2D eigenvalue weighted by atomic mass is 16.8. The Balaban J connectivity index is 0.923. The quantitative estimate of drug-likeness (QED) is 0.0257. The van der Waals surface area contributed by atoms with Gasteiger partial charge in [0.1, 0.15) is 220 Å². The van der Waals surface area contributed by atoms with Gasteiger partial charge in [-0.15, -0.1) is 0 Å². The summed E-state index contributed by atoms with van der Waals surface area (Å²) in [5.74, 6) is -15.8. The molecule has 0 saturated carbocycles. The Labute approximate surface area is 734 Å². The maximum Gasteiger partial charge on any atom is 0.335 e. The smallest absolute Gasteiger partial charge is 0.335 e. The Kier molecular flexibility index (Phi) is 37.8. The molecule has 9 aliphatic heterocycles. The molecule has 9 aliphatic rings. The third-order valence-electron chi connectivity index (χ3n) is 22.3. The standard InChI is InChI=1S/C70H107N5O56/c1-12(82)71-17(6-76)43(27(88)18(87)7-77)118-67-39(100)34(95)48(53(128-67)58(106)107)123-63-24(73-14(3)84)45(29(90)20(9-79)115-63)120-69-41(102)36(97)50(55(130-69)60(110)111)125-65-26(75-16(5)86)47(31(92)22(11-81)117-65)122-70-42(103)37(98)51(56(131-70)61(112)113)126-64-25(74-15(4)85)46(30(91)21(10-80)116-64)121-68-40(101)35(96)49(54(129-68)59(108)109)124-62-23(72-13(2)83)44(28(89)19(8-78)114-62)119-66-38(99)32(93)33(94)52(127-66)57(104)105/h6,17-56,62-70,77-81,87-103H,7-11H2,1-5H3,(H,71,82)(H,72,83)(H,73,84)(H,74,85)(H,75,86)(H,104,105)(H,106,107)(H,108,109)(H,110,111)(H,112,113). The van der Waals surface area contributed by atoms with Crippen LogP contribution >= 0.6 is 0 Å².